The summed E-state index contributed by atoms with van der Waals surface area (Å²) in [5.41, 5.74) is 5.31. The van der Waals surface area contributed by atoms with E-state index in [4.69, 9.17) is 4.74 Å². The van der Waals surface area contributed by atoms with Crippen LogP contribution in [0.15, 0.2) is 18.2 Å². The lowest BCUT2D eigenvalue weighted by Crippen LogP contribution is -2.47. The van der Waals surface area contributed by atoms with Crippen LogP contribution in [0.1, 0.15) is 84.6 Å². The van der Waals surface area contributed by atoms with Gasteiger partial charge in [0.05, 0.1) is 6.10 Å². The Morgan fingerprint density at radius 2 is 1.62 bits per heavy atom. The van der Waals surface area contributed by atoms with Crippen LogP contribution in [0, 0.1) is 10.8 Å². The summed E-state index contributed by atoms with van der Waals surface area (Å²) in [6, 6.07) is 7.42. The fourth-order valence-electron chi connectivity index (χ4n) is 7.17. The highest BCUT2D eigenvalue weighted by Gasteiger charge is 2.40. The number of piperazine rings is 1. The summed E-state index contributed by atoms with van der Waals surface area (Å²) in [5.74, 6) is 0.637. The minimum absolute atomic E-state index is 0. The highest BCUT2D eigenvalue weighted by atomic mass is 35.5. The molecule has 2 aliphatic heterocycles. The summed E-state index contributed by atoms with van der Waals surface area (Å²) >= 11 is 0. The van der Waals surface area contributed by atoms with Crippen LogP contribution in [0.4, 0.5) is 11.4 Å². The molecule has 0 amide bonds. The van der Waals surface area contributed by atoms with E-state index in [1.807, 2.05) is 7.11 Å². The van der Waals surface area contributed by atoms with Crippen molar-refractivity contribution in [2.24, 2.45) is 10.8 Å². The zero-order valence-electron chi connectivity index (χ0n) is 22.7. The monoisotopic (exact) mass is 491 g/mol. The van der Waals surface area contributed by atoms with Crippen LogP contribution < -0.4 is 9.80 Å². The molecule has 1 atom stereocenters. The van der Waals surface area contributed by atoms with Crippen LogP contribution in [0.2, 0.25) is 0 Å². The number of ether oxygens (including phenoxy) is 1. The van der Waals surface area contributed by atoms with Crippen LogP contribution >= 0.6 is 12.4 Å². The Bertz CT molecular complexity index is 772. The summed E-state index contributed by atoms with van der Waals surface area (Å²) in [4.78, 5) is 7.90. The minimum atomic E-state index is 0. The van der Waals surface area contributed by atoms with E-state index in [2.05, 4.69) is 67.5 Å². The quantitative estimate of drug-likeness (QED) is 0.429. The second-order valence-electron chi connectivity index (χ2n) is 12.6. The second kappa shape index (κ2) is 11.4. The van der Waals surface area contributed by atoms with Crippen molar-refractivity contribution in [1.82, 2.24) is 4.90 Å². The van der Waals surface area contributed by atoms with Gasteiger partial charge in [-0.1, -0.05) is 41.0 Å². The first kappa shape index (κ1) is 27.6. The lowest BCUT2D eigenvalue weighted by atomic mass is 9.60. The van der Waals surface area contributed by atoms with Crippen molar-refractivity contribution < 1.29 is 4.74 Å². The SMILES string of the molecule is CCCCN1CCN(c2ccc(N3CCC(OC)C3)cc2C2CC(C)(C)CC(C)(C)C2)CC1.Cl. The largest absolute Gasteiger partial charge is 0.380 e. The van der Waals surface area contributed by atoms with Crippen molar-refractivity contribution in [3.63, 3.8) is 0 Å². The second-order valence-corrected chi connectivity index (χ2v) is 12.6. The standard InChI is InChI=1S/C29H49N3O.ClH/c1-7-8-12-30-14-16-31(17-15-30)27-10-9-24(32-13-11-25(21-32)33-6)18-26(27)23-19-28(2,3)22-29(4,5)20-23;/h9-10,18,23,25H,7-8,11-17,19-22H2,1-6H3;1H. The van der Waals surface area contributed by atoms with Gasteiger partial charge in [-0.05, 0) is 79.2 Å². The molecule has 2 saturated heterocycles. The highest BCUT2D eigenvalue weighted by Crippen LogP contribution is 2.53. The van der Waals surface area contributed by atoms with Crippen molar-refractivity contribution in [1.29, 1.82) is 0 Å². The Labute approximate surface area is 215 Å². The average Bonchev–Trinajstić information content (AvgIpc) is 3.25. The minimum Gasteiger partial charge on any atom is -0.380 e. The molecule has 0 aromatic heterocycles. The van der Waals surface area contributed by atoms with E-state index < -0.39 is 0 Å². The lowest BCUT2D eigenvalue weighted by Gasteiger charge is -2.46. The summed E-state index contributed by atoms with van der Waals surface area (Å²) in [7, 11) is 1.86. The van der Waals surface area contributed by atoms with E-state index in [1.165, 1.54) is 63.1 Å². The fraction of sp³-hybridized carbons (Fsp3) is 0.793. The van der Waals surface area contributed by atoms with Crippen molar-refractivity contribution in [2.45, 2.75) is 85.2 Å². The molecule has 4 rings (SSSR count). The number of hydrogen-bond acceptors (Lipinski definition) is 4. The fourth-order valence-corrected chi connectivity index (χ4v) is 7.17. The first-order valence-corrected chi connectivity index (χ1v) is 13.6. The van der Waals surface area contributed by atoms with Gasteiger partial charge in [-0.15, -0.1) is 12.4 Å². The summed E-state index contributed by atoms with van der Waals surface area (Å²) in [6.07, 6.45) is 8.04. The maximum absolute atomic E-state index is 5.67. The van der Waals surface area contributed by atoms with Crippen molar-refractivity contribution in [3.05, 3.63) is 23.8 Å². The van der Waals surface area contributed by atoms with Gasteiger partial charge in [0.2, 0.25) is 0 Å². The maximum Gasteiger partial charge on any atom is 0.0762 e. The third-order valence-electron chi connectivity index (χ3n) is 8.39. The van der Waals surface area contributed by atoms with E-state index >= 15 is 0 Å². The van der Waals surface area contributed by atoms with E-state index in [1.54, 1.807) is 5.56 Å². The molecule has 5 heteroatoms. The normalized spacial score (nSPS) is 25.4. The van der Waals surface area contributed by atoms with Crippen molar-refractivity contribution in [2.75, 3.05) is 62.7 Å². The molecule has 4 nitrogen and oxygen atoms in total. The molecule has 1 aromatic carbocycles. The van der Waals surface area contributed by atoms with Crippen molar-refractivity contribution in [3.8, 4) is 0 Å². The highest BCUT2D eigenvalue weighted by molar-refractivity contribution is 5.85. The van der Waals surface area contributed by atoms with Gasteiger partial charge in [0.1, 0.15) is 0 Å². The zero-order valence-corrected chi connectivity index (χ0v) is 23.6. The van der Waals surface area contributed by atoms with Crippen molar-refractivity contribution >= 4 is 23.8 Å². The third kappa shape index (κ3) is 6.62. The zero-order chi connectivity index (χ0) is 23.6. The number of nitrogens with zero attached hydrogens (tertiary/aromatic N) is 3. The molecule has 1 saturated carbocycles. The summed E-state index contributed by atoms with van der Waals surface area (Å²) in [5, 5.41) is 0. The van der Waals surface area contributed by atoms with Crippen LogP contribution in [0.5, 0.6) is 0 Å². The van der Waals surface area contributed by atoms with E-state index in [9.17, 15) is 0 Å². The number of hydrogen-bond donors (Lipinski definition) is 0. The topological polar surface area (TPSA) is 19.0 Å². The Morgan fingerprint density at radius 1 is 0.941 bits per heavy atom. The molecule has 0 radical (unpaired) electrons. The molecular formula is C29H50ClN3O. The van der Waals surface area contributed by atoms with Crippen LogP contribution in [0.3, 0.4) is 0 Å². The molecule has 1 aromatic rings. The molecule has 3 aliphatic rings. The first-order chi connectivity index (χ1) is 15.7. The number of rotatable bonds is 7. The number of unbranched alkanes of at least 4 members (excludes halogenated alkanes) is 1. The predicted molar refractivity (Wildman–Crippen MR) is 149 cm³/mol. The van der Waals surface area contributed by atoms with Gasteiger partial charge in [0.15, 0.2) is 0 Å². The van der Waals surface area contributed by atoms with E-state index in [-0.39, 0.29) is 12.4 Å². The Hall–Kier alpha value is -0.970. The Balaban J connectivity index is 0.00000324. The molecule has 0 bridgehead atoms. The number of anilines is 2. The predicted octanol–water partition coefficient (Wildman–Crippen LogP) is 6.58. The van der Waals surface area contributed by atoms with Gasteiger partial charge >= 0.3 is 0 Å². The molecule has 0 N–H and O–H groups in total. The number of benzene rings is 1. The van der Waals surface area contributed by atoms with Gasteiger partial charge in [-0.25, -0.2) is 0 Å². The van der Waals surface area contributed by atoms with Gasteiger partial charge in [0, 0.05) is 57.8 Å². The van der Waals surface area contributed by atoms with Gasteiger partial charge in [0.25, 0.3) is 0 Å². The average molecular weight is 492 g/mol. The molecule has 194 valence electrons. The Morgan fingerprint density at radius 3 is 2.21 bits per heavy atom. The summed E-state index contributed by atoms with van der Waals surface area (Å²) in [6.45, 7) is 20.3. The van der Waals surface area contributed by atoms with E-state index in [0.717, 1.165) is 32.6 Å². The molecule has 3 fully saturated rings. The van der Waals surface area contributed by atoms with Crippen LogP contribution in [-0.2, 0) is 4.74 Å². The summed E-state index contributed by atoms with van der Waals surface area (Å²) < 4.78 is 5.67. The number of methoxy groups -OCH3 is 1. The molecule has 1 aliphatic carbocycles. The molecule has 2 heterocycles. The van der Waals surface area contributed by atoms with Crippen LogP contribution in [0.25, 0.3) is 0 Å². The maximum atomic E-state index is 5.67. The number of halogens is 1. The molecule has 1 unspecified atom stereocenters. The smallest absolute Gasteiger partial charge is 0.0762 e. The first-order valence-electron chi connectivity index (χ1n) is 13.6. The van der Waals surface area contributed by atoms with Crippen LogP contribution in [-0.4, -0.2) is 63.9 Å². The molecule has 34 heavy (non-hydrogen) atoms. The van der Waals surface area contributed by atoms with Gasteiger partial charge < -0.3 is 14.5 Å². The molecule has 0 spiro atoms. The molecular weight excluding hydrogens is 442 g/mol. The van der Waals surface area contributed by atoms with E-state index in [0.29, 0.717) is 22.9 Å². The van der Waals surface area contributed by atoms with Gasteiger partial charge in [-0.3, -0.25) is 4.90 Å². The van der Waals surface area contributed by atoms with Gasteiger partial charge in [-0.2, -0.15) is 0 Å². The third-order valence-corrected chi connectivity index (χ3v) is 8.39. The Kier molecular flexibility index (Phi) is 9.25. The lowest BCUT2D eigenvalue weighted by molar-refractivity contribution is 0.0970.